The minimum Gasteiger partial charge on any atom is -0.423 e. The Balaban J connectivity index is 1.82. The minimum absolute atomic E-state index is 0.283. The second-order valence-electron chi connectivity index (χ2n) is 5.99. The number of rotatable bonds is 8. The number of carbonyl (C=O) groups is 1. The van der Waals surface area contributed by atoms with Gasteiger partial charge in [0, 0.05) is 43.4 Å². The van der Waals surface area contributed by atoms with Crippen molar-refractivity contribution in [1.29, 1.82) is 0 Å². The van der Waals surface area contributed by atoms with Crippen LogP contribution in [0.5, 0.6) is 0 Å². The van der Waals surface area contributed by atoms with Gasteiger partial charge in [0.15, 0.2) is 0 Å². The number of anilines is 1. The van der Waals surface area contributed by atoms with Crippen molar-refractivity contribution in [3.8, 4) is 0 Å². The third-order valence-electron chi connectivity index (χ3n) is 3.89. The Labute approximate surface area is 146 Å². The Kier molecular flexibility index (Phi) is 6.97. The molecule has 0 fully saturated rings. The third-order valence-corrected chi connectivity index (χ3v) is 3.89. The molecule has 0 atom stereocenters. The Morgan fingerprint density at radius 3 is 2.84 bits per heavy atom. The summed E-state index contributed by atoms with van der Waals surface area (Å²) >= 11 is 0. The summed E-state index contributed by atoms with van der Waals surface area (Å²) in [6, 6.07) is 6.43. The van der Waals surface area contributed by atoms with Gasteiger partial charge in [-0.15, -0.1) is 0 Å². The predicted octanol–water partition coefficient (Wildman–Crippen LogP) is 2.19. The number of carbonyl (C=O) groups excluding carboxylic acids is 1. The lowest BCUT2D eigenvalue weighted by Crippen LogP contribution is -2.32. The van der Waals surface area contributed by atoms with Gasteiger partial charge in [-0.05, 0) is 44.6 Å². The van der Waals surface area contributed by atoms with Crippen molar-refractivity contribution in [3.63, 3.8) is 0 Å². The molecule has 0 saturated carbocycles. The lowest BCUT2D eigenvalue weighted by Gasteiger charge is -2.16. The summed E-state index contributed by atoms with van der Waals surface area (Å²) in [5.41, 5.74) is 1.49. The second kappa shape index (κ2) is 9.19. The maximum atomic E-state index is 12.0. The molecule has 2 rings (SSSR count). The van der Waals surface area contributed by atoms with Crippen LogP contribution in [-0.4, -0.2) is 51.3 Å². The van der Waals surface area contributed by atoms with Crippen LogP contribution >= 0.6 is 0 Å². The van der Waals surface area contributed by atoms with E-state index in [0.717, 1.165) is 30.5 Å². The first-order chi connectivity index (χ1) is 12.0. The molecule has 0 aliphatic rings. The summed E-state index contributed by atoms with van der Waals surface area (Å²) in [6.07, 6.45) is 0.847. The zero-order valence-electron chi connectivity index (χ0n) is 14.9. The molecule has 1 aromatic heterocycles. The highest BCUT2D eigenvalue weighted by atomic mass is 16.5. The maximum Gasteiger partial charge on any atom is 0.336 e. The van der Waals surface area contributed by atoms with E-state index in [1.54, 1.807) is 19.2 Å². The van der Waals surface area contributed by atoms with Gasteiger partial charge >= 0.3 is 11.7 Å². The fourth-order valence-corrected chi connectivity index (χ4v) is 2.49. The van der Waals surface area contributed by atoms with Crippen molar-refractivity contribution in [1.82, 2.24) is 10.2 Å². The van der Waals surface area contributed by atoms with Crippen LogP contribution in [0.4, 0.5) is 10.5 Å². The number of methoxy groups -OCH3 is 1. The summed E-state index contributed by atoms with van der Waals surface area (Å²) in [6.45, 7) is 4.87. The number of likely N-dealkylation sites (N-methyl/N-ethyl adjacent to an activating group) is 1. The monoisotopic (exact) mass is 347 g/mol. The Morgan fingerprint density at radius 1 is 1.28 bits per heavy atom. The number of hydrogen-bond acceptors (Lipinski definition) is 5. The van der Waals surface area contributed by atoms with Crippen LogP contribution in [0.25, 0.3) is 11.0 Å². The van der Waals surface area contributed by atoms with Gasteiger partial charge in [0.2, 0.25) is 0 Å². The molecule has 2 N–H and O–H groups in total. The van der Waals surface area contributed by atoms with E-state index in [0.29, 0.717) is 24.4 Å². The molecule has 25 heavy (non-hydrogen) atoms. The van der Waals surface area contributed by atoms with Crippen molar-refractivity contribution in [3.05, 3.63) is 40.2 Å². The van der Waals surface area contributed by atoms with Crippen LogP contribution < -0.4 is 16.3 Å². The molecular formula is C18H25N3O4. The first-order valence-electron chi connectivity index (χ1n) is 8.26. The van der Waals surface area contributed by atoms with Crippen LogP contribution in [0.15, 0.2) is 33.5 Å². The number of aryl methyl sites for hydroxylation is 1. The number of hydrogen-bond donors (Lipinski definition) is 2. The van der Waals surface area contributed by atoms with E-state index in [4.69, 9.17) is 9.15 Å². The number of urea groups is 1. The van der Waals surface area contributed by atoms with Gasteiger partial charge in [0.1, 0.15) is 5.58 Å². The average molecular weight is 347 g/mol. The van der Waals surface area contributed by atoms with Crippen LogP contribution in [-0.2, 0) is 4.74 Å². The largest absolute Gasteiger partial charge is 0.423 e. The van der Waals surface area contributed by atoms with Crippen LogP contribution in [0.1, 0.15) is 12.0 Å². The zero-order valence-corrected chi connectivity index (χ0v) is 14.9. The van der Waals surface area contributed by atoms with Crippen molar-refractivity contribution in [2.45, 2.75) is 13.3 Å². The highest BCUT2D eigenvalue weighted by Gasteiger charge is 2.06. The molecule has 7 nitrogen and oxygen atoms in total. The number of benzene rings is 1. The molecule has 2 aromatic rings. The average Bonchev–Trinajstić information content (AvgIpc) is 2.56. The molecule has 0 saturated heterocycles. The number of nitrogens with one attached hydrogen (secondary N) is 2. The highest BCUT2D eigenvalue weighted by molar-refractivity contribution is 5.92. The predicted molar refractivity (Wildman–Crippen MR) is 98.2 cm³/mol. The number of amides is 2. The third kappa shape index (κ3) is 5.88. The van der Waals surface area contributed by atoms with Crippen molar-refractivity contribution < 1.29 is 13.9 Å². The van der Waals surface area contributed by atoms with Gasteiger partial charge in [0.05, 0.1) is 6.61 Å². The zero-order chi connectivity index (χ0) is 18.2. The van der Waals surface area contributed by atoms with Crippen LogP contribution in [0.3, 0.4) is 0 Å². The molecule has 1 heterocycles. The van der Waals surface area contributed by atoms with E-state index in [1.165, 1.54) is 6.07 Å². The van der Waals surface area contributed by atoms with Crippen molar-refractivity contribution >= 4 is 22.7 Å². The van der Waals surface area contributed by atoms with E-state index in [1.807, 2.05) is 20.0 Å². The topological polar surface area (TPSA) is 83.8 Å². The fourth-order valence-electron chi connectivity index (χ4n) is 2.49. The van der Waals surface area contributed by atoms with Gasteiger partial charge in [0.25, 0.3) is 0 Å². The Morgan fingerprint density at radius 2 is 2.08 bits per heavy atom. The number of fused-ring (bicyclic) bond motifs is 1. The SMILES string of the molecule is COCCN(C)CCCNC(=O)Nc1ccc2c(C)cc(=O)oc2c1. The Bertz CT molecular complexity index is 772. The van der Waals surface area contributed by atoms with Gasteiger partial charge < -0.3 is 24.7 Å². The maximum absolute atomic E-state index is 12.0. The summed E-state index contributed by atoms with van der Waals surface area (Å²) in [5.74, 6) is 0. The van der Waals surface area contributed by atoms with E-state index < -0.39 is 5.63 Å². The summed E-state index contributed by atoms with van der Waals surface area (Å²) in [4.78, 5) is 25.6. The number of nitrogens with zero attached hydrogens (tertiary/aromatic N) is 1. The van der Waals surface area contributed by atoms with Gasteiger partial charge in [-0.3, -0.25) is 0 Å². The molecule has 1 aromatic carbocycles. The summed E-state index contributed by atoms with van der Waals surface area (Å²) in [7, 11) is 3.70. The molecule has 0 aliphatic heterocycles. The van der Waals surface area contributed by atoms with E-state index in [2.05, 4.69) is 15.5 Å². The molecule has 136 valence electrons. The molecule has 0 radical (unpaired) electrons. The van der Waals surface area contributed by atoms with Crippen LogP contribution in [0.2, 0.25) is 0 Å². The molecule has 0 bridgehead atoms. The van der Waals surface area contributed by atoms with Crippen LogP contribution in [0, 0.1) is 6.92 Å². The lowest BCUT2D eigenvalue weighted by atomic mass is 10.1. The van der Waals surface area contributed by atoms with E-state index >= 15 is 0 Å². The first kappa shape index (κ1) is 19.0. The van der Waals surface area contributed by atoms with Gasteiger partial charge in [-0.1, -0.05) is 0 Å². The van der Waals surface area contributed by atoms with E-state index in [-0.39, 0.29) is 6.03 Å². The molecule has 0 spiro atoms. The Hall–Kier alpha value is -2.38. The number of ether oxygens (including phenoxy) is 1. The molecular weight excluding hydrogens is 322 g/mol. The molecule has 0 unspecified atom stereocenters. The minimum atomic E-state index is -0.399. The van der Waals surface area contributed by atoms with E-state index in [9.17, 15) is 9.59 Å². The smallest absolute Gasteiger partial charge is 0.336 e. The van der Waals surface area contributed by atoms with Crippen molar-refractivity contribution in [2.24, 2.45) is 0 Å². The quantitative estimate of drug-likeness (QED) is 0.565. The van der Waals surface area contributed by atoms with Crippen molar-refractivity contribution in [2.75, 3.05) is 45.7 Å². The molecule has 2 amide bonds. The van der Waals surface area contributed by atoms with Gasteiger partial charge in [-0.2, -0.15) is 0 Å². The molecule has 7 heteroatoms. The highest BCUT2D eigenvalue weighted by Crippen LogP contribution is 2.20. The molecule has 0 aliphatic carbocycles. The second-order valence-corrected chi connectivity index (χ2v) is 5.99. The standard InChI is InChI=1S/C18H25N3O4/c1-13-11-17(22)25-16-12-14(5-6-15(13)16)20-18(23)19-7-4-8-21(2)9-10-24-3/h5-6,11-12H,4,7-10H2,1-3H3,(H2,19,20,23). The fraction of sp³-hybridized carbons (Fsp3) is 0.444. The summed E-state index contributed by atoms with van der Waals surface area (Å²) in [5, 5.41) is 6.41. The normalized spacial score (nSPS) is 11.0. The first-order valence-corrected chi connectivity index (χ1v) is 8.26. The summed E-state index contributed by atoms with van der Waals surface area (Å²) < 4.78 is 10.2. The van der Waals surface area contributed by atoms with Gasteiger partial charge in [-0.25, -0.2) is 9.59 Å². The lowest BCUT2D eigenvalue weighted by molar-refractivity contribution is 0.160.